The standard InChI is InChI=1S/C12H15BrN2O4/c1-18-11-7-10(15-2-4-19-5-3-15)8(13)6-9(11)14-12(16)17/h6-7,14H,2-5H2,1H3,(H,16,17). The molecule has 0 aliphatic carbocycles. The highest BCUT2D eigenvalue weighted by Gasteiger charge is 2.17. The molecule has 1 saturated heterocycles. The average Bonchev–Trinajstić information content (AvgIpc) is 2.39. The van der Waals surface area contributed by atoms with E-state index in [1.165, 1.54) is 7.11 Å². The van der Waals surface area contributed by atoms with E-state index in [0.717, 1.165) is 23.2 Å². The predicted octanol–water partition coefficient (Wildman–Crippen LogP) is 2.38. The van der Waals surface area contributed by atoms with Gasteiger partial charge in [-0.05, 0) is 22.0 Å². The number of amides is 1. The van der Waals surface area contributed by atoms with Gasteiger partial charge in [-0.1, -0.05) is 0 Å². The van der Waals surface area contributed by atoms with Crippen LogP contribution in [0.3, 0.4) is 0 Å². The van der Waals surface area contributed by atoms with E-state index in [0.29, 0.717) is 24.7 Å². The summed E-state index contributed by atoms with van der Waals surface area (Å²) in [6.07, 6.45) is -1.12. The van der Waals surface area contributed by atoms with E-state index in [2.05, 4.69) is 26.1 Å². The van der Waals surface area contributed by atoms with Crippen molar-refractivity contribution in [3.63, 3.8) is 0 Å². The molecule has 1 heterocycles. The van der Waals surface area contributed by atoms with E-state index < -0.39 is 6.09 Å². The number of hydrogen-bond acceptors (Lipinski definition) is 4. The molecule has 1 aromatic carbocycles. The maximum Gasteiger partial charge on any atom is 0.409 e. The molecule has 1 fully saturated rings. The molecule has 0 saturated carbocycles. The molecular weight excluding hydrogens is 316 g/mol. The summed E-state index contributed by atoms with van der Waals surface area (Å²) < 4.78 is 11.4. The maximum atomic E-state index is 10.7. The molecule has 0 radical (unpaired) electrons. The van der Waals surface area contributed by atoms with Crippen LogP contribution in [-0.2, 0) is 4.74 Å². The lowest BCUT2D eigenvalue weighted by molar-refractivity contribution is 0.122. The zero-order valence-corrected chi connectivity index (χ0v) is 12.1. The van der Waals surface area contributed by atoms with E-state index in [9.17, 15) is 4.79 Å². The van der Waals surface area contributed by atoms with Gasteiger partial charge in [0, 0.05) is 23.6 Å². The van der Waals surface area contributed by atoms with Gasteiger partial charge in [0.1, 0.15) is 5.75 Å². The molecule has 0 aromatic heterocycles. The number of ether oxygens (including phenoxy) is 2. The van der Waals surface area contributed by atoms with Crippen molar-refractivity contribution in [3.05, 3.63) is 16.6 Å². The average molecular weight is 331 g/mol. The molecule has 0 bridgehead atoms. The lowest BCUT2D eigenvalue weighted by Gasteiger charge is -2.30. The fourth-order valence-corrected chi connectivity index (χ4v) is 2.57. The fourth-order valence-electron chi connectivity index (χ4n) is 1.97. The molecular formula is C12H15BrN2O4. The third-order valence-corrected chi connectivity index (χ3v) is 3.50. The monoisotopic (exact) mass is 330 g/mol. The minimum absolute atomic E-state index is 0.416. The highest BCUT2D eigenvalue weighted by molar-refractivity contribution is 9.10. The van der Waals surface area contributed by atoms with Gasteiger partial charge in [-0.15, -0.1) is 0 Å². The summed E-state index contributed by atoms with van der Waals surface area (Å²) in [5.74, 6) is 0.493. The number of carboxylic acid groups (broad SMARTS) is 1. The number of nitrogens with one attached hydrogen (secondary N) is 1. The minimum atomic E-state index is -1.12. The fraction of sp³-hybridized carbons (Fsp3) is 0.417. The van der Waals surface area contributed by atoms with Crippen molar-refractivity contribution in [2.45, 2.75) is 0 Å². The number of anilines is 2. The van der Waals surface area contributed by atoms with E-state index in [1.54, 1.807) is 6.07 Å². The molecule has 1 amide bonds. The second-order valence-electron chi connectivity index (χ2n) is 4.03. The largest absolute Gasteiger partial charge is 0.494 e. The van der Waals surface area contributed by atoms with Gasteiger partial charge in [-0.3, -0.25) is 5.32 Å². The summed E-state index contributed by atoms with van der Waals surface area (Å²) in [4.78, 5) is 12.9. The van der Waals surface area contributed by atoms with Gasteiger partial charge in [0.25, 0.3) is 0 Å². The van der Waals surface area contributed by atoms with E-state index >= 15 is 0 Å². The number of rotatable bonds is 3. The Labute approximate surface area is 119 Å². The number of hydrogen-bond donors (Lipinski definition) is 2. The quantitative estimate of drug-likeness (QED) is 0.890. The molecule has 2 N–H and O–H groups in total. The highest BCUT2D eigenvalue weighted by Crippen LogP contribution is 2.37. The molecule has 0 spiro atoms. The SMILES string of the molecule is COc1cc(N2CCOCC2)c(Br)cc1NC(=O)O. The Bertz CT molecular complexity index is 475. The molecule has 104 valence electrons. The third-order valence-electron chi connectivity index (χ3n) is 2.86. The normalized spacial score (nSPS) is 15.2. The Morgan fingerprint density at radius 2 is 2.16 bits per heavy atom. The first-order chi connectivity index (χ1) is 9.11. The first-order valence-corrected chi connectivity index (χ1v) is 6.61. The van der Waals surface area contributed by atoms with Crippen molar-refractivity contribution in [1.82, 2.24) is 0 Å². The van der Waals surface area contributed by atoms with E-state index in [4.69, 9.17) is 14.6 Å². The van der Waals surface area contributed by atoms with Crippen molar-refractivity contribution in [2.24, 2.45) is 0 Å². The highest BCUT2D eigenvalue weighted by atomic mass is 79.9. The van der Waals surface area contributed by atoms with Crippen LogP contribution < -0.4 is 15.0 Å². The van der Waals surface area contributed by atoms with E-state index in [1.807, 2.05) is 6.07 Å². The van der Waals surface area contributed by atoms with Gasteiger partial charge in [0.15, 0.2) is 0 Å². The summed E-state index contributed by atoms with van der Waals surface area (Å²) >= 11 is 3.46. The number of benzene rings is 1. The van der Waals surface area contributed by atoms with Crippen LogP contribution in [0.4, 0.5) is 16.2 Å². The van der Waals surface area contributed by atoms with Gasteiger partial charge in [-0.25, -0.2) is 4.79 Å². The van der Waals surface area contributed by atoms with Crippen molar-refractivity contribution in [3.8, 4) is 5.75 Å². The number of nitrogens with zero attached hydrogens (tertiary/aromatic N) is 1. The van der Waals surface area contributed by atoms with Gasteiger partial charge in [0.05, 0.1) is 31.7 Å². The van der Waals surface area contributed by atoms with Crippen molar-refractivity contribution < 1.29 is 19.4 Å². The van der Waals surface area contributed by atoms with Gasteiger partial charge in [-0.2, -0.15) is 0 Å². The van der Waals surface area contributed by atoms with Crippen molar-refractivity contribution >= 4 is 33.4 Å². The Morgan fingerprint density at radius 1 is 1.47 bits per heavy atom. The Balaban J connectivity index is 2.32. The number of halogens is 1. The van der Waals surface area contributed by atoms with Crippen LogP contribution in [0.5, 0.6) is 5.75 Å². The maximum absolute atomic E-state index is 10.7. The molecule has 1 aliphatic rings. The minimum Gasteiger partial charge on any atom is -0.494 e. The molecule has 2 rings (SSSR count). The number of methoxy groups -OCH3 is 1. The molecule has 1 aromatic rings. The summed E-state index contributed by atoms with van der Waals surface area (Å²) in [6.45, 7) is 2.97. The number of carbonyl (C=O) groups is 1. The second kappa shape index (κ2) is 6.12. The first kappa shape index (κ1) is 14.0. The number of morpholine rings is 1. The Hall–Kier alpha value is -1.47. The smallest absolute Gasteiger partial charge is 0.409 e. The van der Waals surface area contributed by atoms with Gasteiger partial charge >= 0.3 is 6.09 Å². The molecule has 0 unspecified atom stereocenters. The summed E-state index contributed by atoms with van der Waals surface area (Å²) in [5.41, 5.74) is 1.38. The van der Waals surface area contributed by atoms with Crippen LogP contribution in [0.1, 0.15) is 0 Å². The van der Waals surface area contributed by atoms with Crippen molar-refractivity contribution in [2.75, 3.05) is 43.6 Å². The lowest BCUT2D eigenvalue weighted by Crippen LogP contribution is -2.36. The topological polar surface area (TPSA) is 71.0 Å². The first-order valence-electron chi connectivity index (χ1n) is 5.82. The summed E-state index contributed by atoms with van der Waals surface area (Å²) in [6, 6.07) is 3.53. The second-order valence-corrected chi connectivity index (χ2v) is 4.89. The Kier molecular flexibility index (Phi) is 4.49. The van der Waals surface area contributed by atoms with Crippen molar-refractivity contribution in [1.29, 1.82) is 0 Å². The lowest BCUT2D eigenvalue weighted by atomic mass is 10.2. The summed E-state index contributed by atoms with van der Waals surface area (Å²) in [7, 11) is 1.51. The third kappa shape index (κ3) is 3.30. The van der Waals surface area contributed by atoms with Crippen LogP contribution in [0, 0.1) is 0 Å². The molecule has 0 atom stereocenters. The van der Waals surface area contributed by atoms with Crippen LogP contribution in [0.2, 0.25) is 0 Å². The van der Waals surface area contributed by atoms with Crippen LogP contribution in [0.15, 0.2) is 16.6 Å². The molecule has 6 nitrogen and oxygen atoms in total. The molecule has 1 aliphatic heterocycles. The van der Waals surface area contributed by atoms with Crippen LogP contribution in [-0.4, -0.2) is 44.6 Å². The summed E-state index contributed by atoms with van der Waals surface area (Å²) in [5, 5.41) is 11.1. The zero-order chi connectivity index (χ0) is 13.8. The van der Waals surface area contributed by atoms with Gasteiger partial charge in [0.2, 0.25) is 0 Å². The van der Waals surface area contributed by atoms with Crippen LogP contribution in [0.25, 0.3) is 0 Å². The van der Waals surface area contributed by atoms with E-state index in [-0.39, 0.29) is 0 Å². The predicted molar refractivity (Wildman–Crippen MR) is 75.4 cm³/mol. The molecule has 7 heteroatoms. The Morgan fingerprint density at radius 3 is 2.74 bits per heavy atom. The van der Waals surface area contributed by atoms with Crippen LogP contribution >= 0.6 is 15.9 Å². The van der Waals surface area contributed by atoms with Gasteiger partial charge < -0.3 is 19.5 Å². The molecule has 19 heavy (non-hydrogen) atoms. The zero-order valence-electron chi connectivity index (χ0n) is 10.5.